The maximum Gasteiger partial charge on any atom is 0.269 e. The van der Waals surface area contributed by atoms with Crippen LogP contribution in [0.1, 0.15) is 11.4 Å². The van der Waals surface area contributed by atoms with Crippen molar-refractivity contribution in [3.63, 3.8) is 0 Å². The molecule has 3 rings (SSSR count). The molecule has 0 spiro atoms. The number of amides is 2. The van der Waals surface area contributed by atoms with Gasteiger partial charge in [0.2, 0.25) is 11.8 Å². The quantitative estimate of drug-likeness (QED) is 0.110. The Morgan fingerprint density at radius 1 is 1.13 bits per heavy atom. The minimum absolute atomic E-state index is 0.0344. The van der Waals surface area contributed by atoms with E-state index in [-0.39, 0.29) is 29.8 Å². The van der Waals surface area contributed by atoms with Crippen LogP contribution < -0.4 is 20.1 Å². The molecule has 1 heterocycles. The van der Waals surface area contributed by atoms with Gasteiger partial charge in [0, 0.05) is 30.4 Å². The molecule has 0 aliphatic rings. The van der Waals surface area contributed by atoms with Crippen molar-refractivity contribution < 1.29 is 24.0 Å². The predicted molar refractivity (Wildman–Crippen MR) is 143 cm³/mol. The molecule has 0 saturated carbocycles. The molecule has 0 aliphatic carbocycles. The Morgan fingerprint density at radius 3 is 2.53 bits per heavy atom. The minimum Gasteiger partial charge on any atom is -0.493 e. The van der Waals surface area contributed by atoms with Crippen LogP contribution in [0.3, 0.4) is 0 Å². The number of nitro benzene ring substituents is 1. The maximum absolute atomic E-state index is 12.4. The van der Waals surface area contributed by atoms with Gasteiger partial charge in [0.25, 0.3) is 5.69 Å². The molecule has 3 aromatic rings. The monoisotopic (exact) mass is 538 g/mol. The lowest BCUT2D eigenvalue weighted by Crippen LogP contribution is -2.23. The van der Waals surface area contributed by atoms with Crippen LogP contribution in [-0.2, 0) is 22.7 Å². The summed E-state index contributed by atoms with van der Waals surface area (Å²) in [5, 5.41) is 24.9. The number of anilines is 1. The molecule has 13 heteroatoms. The number of rotatable bonds is 13. The molecule has 38 heavy (non-hydrogen) atoms. The Labute approximate surface area is 222 Å². The van der Waals surface area contributed by atoms with Crippen LogP contribution in [0.5, 0.6) is 11.5 Å². The molecule has 12 nitrogen and oxygen atoms in total. The van der Waals surface area contributed by atoms with E-state index in [2.05, 4.69) is 27.4 Å². The molecule has 198 valence electrons. The van der Waals surface area contributed by atoms with Gasteiger partial charge in [-0.1, -0.05) is 23.9 Å². The molecule has 0 fully saturated rings. The number of hydrogen-bond acceptors (Lipinski definition) is 9. The third kappa shape index (κ3) is 7.67. The normalized spacial score (nSPS) is 10.7. The molecule has 0 atom stereocenters. The highest BCUT2D eigenvalue weighted by Gasteiger charge is 2.14. The second kappa shape index (κ2) is 13.6. The summed E-state index contributed by atoms with van der Waals surface area (Å²) in [5.74, 6) is 1.03. The van der Waals surface area contributed by atoms with Crippen molar-refractivity contribution in [2.75, 3.05) is 25.3 Å². The van der Waals surface area contributed by atoms with E-state index >= 15 is 0 Å². The number of benzene rings is 2. The van der Waals surface area contributed by atoms with Crippen molar-refractivity contribution in [2.45, 2.75) is 18.2 Å². The number of carbonyl (C=O) groups is 2. The Morgan fingerprint density at radius 2 is 1.87 bits per heavy atom. The highest BCUT2D eigenvalue weighted by Crippen LogP contribution is 2.28. The summed E-state index contributed by atoms with van der Waals surface area (Å²) < 4.78 is 12.2. The number of hydrogen-bond donors (Lipinski definition) is 2. The Balaban J connectivity index is 1.56. The predicted octanol–water partition coefficient (Wildman–Crippen LogP) is 3.45. The number of nitrogens with one attached hydrogen (secondary N) is 2. The van der Waals surface area contributed by atoms with E-state index in [1.54, 1.807) is 42.0 Å². The standard InChI is InChI=1S/C25H26N6O6S/c1-4-13-30-22(15-26-23(32)12-6-17-5-11-20(36-2)21(14-17)37-3)28-29-25(30)38-16-24(33)27-18-7-9-19(10-8-18)31(34)35/h4-12,14H,1,13,15-16H2,2-3H3,(H,26,32)(H,27,33)/b12-6+. The van der Waals surface area contributed by atoms with E-state index in [4.69, 9.17) is 9.47 Å². The second-order valence-electron chi connectivity index (χ2n) is 7.60. The first-order chi connectivity index (χ1) is 18.3. The van der Waals surface area contributed by atoms with Crippen LogP contribution in [-0.4, -0.2) is 51.5 Å². The highest BCUT2D eigenvalue weighted by molar-refractivity contribution is 7.99. The summed E-state index contributed by atoms with van der Waals surface area (Å²) in [6, 6.07) is 10.8. The third-order valence-electron chi connectivity index (χ3n) is 5.05. The molecule has 0 saturated heterocycles. The number of nitrogens with zero attached hydrogens (tertiary/aromatic N) is 4. The van der Waals surface area contributed by atoms with E-state index in [9.17, 15) is 19.7 Å². The molecule has 2 aromatic carbocycles. The number of nitro groups is 1. The van der Waals surface area contributed by atoms with Crippen molar-refractivity contribution in [2.24, 2.45) is 0 Å². The summed E-state index contributed by atoms with van der Waals surface area (Å²) in [7, 11) is 3.09. The molecule has 0 bridgehead atoms. The first-order valence-corrected chi connectivity index (χ1v) is 12.2. The number of carbonyl (C=O) groups excluding carboxylic acids is 2. The highest BCUT2D eigenvalue weighted by atomic mass is 32.2. The van der Waals surface area contributed by atoms with Crippen molar-refractivity contribution >= 4 is 41.0 Å². The fraction of sp³-hybridized carbons (Fsp3) is 0.200. The van der Waals surface area contributed by atoms with Crippen LogP contribution in [0.4, 0.5) is 11.4 Å². The third-order valence-corrected chi connectivity index (χ3v) is 6.02. The van der Waals surface area contributed by atoms with Crippen LogP contribution in [0.2, 0.25) is 0 Å². The Kier molecular flexibility index (Phi) is 10.00. The molecule has 0 aliphatic heterocycles. The number of aromatic nitrogens is 3. The zero-order chi connectivity index (χ0) is 27.5. The van der Waals surface area contributed by atoms with Gasteiger partial charge in [-0.15, -0.1) is 16.8 Å². The van der Waals surface area contributed by atoms with Crippen molar-refractivity contribution in [3.8, 4) is 11.5 Å². The number of non-ortho nitro benzene ring substituents is 1. The molecule has 2 N–H and O–H groups in total. The van der Waals surface area contributed by atoms with Gasteiger partial charge < -0.3 is 24.7 Å². The van der Waals surface area contributed by atoms with E-state index in [0.717, 1.165) is 17.3 Å². The smallest absolute Gasteiger partial charge is 0.269 e. The van der Waals surface area contributed by atoms with Gasteiger partial charge in [-0.25, -0.2) is 0 Å². The summed E-state index contributed by atoms with van der Waals surface area (Å²) >= 11 is 1.16. The van der Waals surface area contributed by atoms with E-state index in [1.807, 2.05) is 0 Å². The van der Waals surface area contributed by atoms with Gasteiger partial charge in [-0.05, 0) is 35.9 Å². The van der Waals surface area contributed by atoms with Gasteiger partial charge >= 0.3 is 0 Å². The lowest BCUT2D eigenvalue weighted by Gasteiger charge is -2.09. The van der Waals surface area contributed by atoms with Crippen LogP contribution >= 0.6 is 11.8 Å². The van der Waals surface area contributed by atoms with Gasteiger partial charge in [0.1, 0.15) is 0 Å². The van der Waals surface area contributed by atoms with Crippen molar-refractivity contribution in [3.05, 3.63) is 82.7 Å². The van der Waals surface area contributed by atoms with Crippen LogP contribution in [0, 0.1) is 10.1 Å². The average Bonchev–Trinajstić information content (AvgIpc) is 3.31. The topological polar surface area (TPSA) is 151 Å². The van der Waals surface area contributed by atoms with Gasteiger partial charge in [-0.3, -0.25) is 19.7 Å². The fourth-order valence-corrected chi connectivity index (χ4v) is 3.98. The average molecular weight is 539 g/mol. The van der Waals surface area contributed by atoms with Crippen molar-refractivity contribution in [1.29, 1.82) is 0 Å². The van der Waals surface area contributed by atoms with E-state index < -0.39 is 4.92 Å². The van der Waals surface area contributed by atoms with Gasteiger partial charge in [-0.2, -0.15) is 0 Å². The lowest BCUT2D eigenvalue weighted by molar-refractivity contribution is -0.384. The summed E-state index contributed by atoms with van der Waals surface area (Å²) in [4.78, 5) is 34.9. The summed E-state index contributed by atoms with van der Waals surface area (Å²) in [6.45, 7) is 4.24. The molecule has 2 amide bonds. The molecule has 0 radical (unpaired) electrons. The maximum atomic E-state index is 12.4. The van der Waals surface area contributed by atoms with Crippen LogP contribution in [0.15, 0.2) is 66.4 Å². The zero-order valence-corrected chi connectivity index (χ0v) is 21.6. The first-order valence-electron chi connectivity index (χ1n) is 11.2. The minimum atomic E-state index is -0.511. The van der Waals surface area contributed by atoms with Crippen LogP contribution in [0.25, 0.3) is 6.08 Å². The molecular formula is C25H26N6O6S. The SMILES string of the molecule is C=CCn1c(CNC(=O)/C=C/c2ccc(OC)c(OC)c2)nnc1SCC(=O)Nc1ccc([N+](=O)[O-])cc1. The van der Waals surface area contributed by atoms with Gasteiger partial charge in [0.05, 0.1) is 31.4 Å². The zero-order valence-electron chi connectivity index (χ0n) is 20.7. The number of allylic oxidation sites excluding steroid dienone is 1. The van der Waals surface area contributed by atoms with Crippen molar-refractivity contribution in [1.82, 2.24) is 20.1 Å². The summed E-state index contributed by atoms with van der Waals surface area (Å²) in [6.07, 6.45) is 4.71. The Hall–Kier alpha value is -4.65. The number of methoxy groups -OCH3 is 2. The van der Waals surface area contributed by atoms with Gasteiger partial charge in [0.15, 0.2) is 22.5 Å². The molecule has 1 aromatic heterocycles. The summed E-state index contributed by atoms with van der Waals surface area (Å²) in [5.41, 5.74) is 1.14. The van der Waals surface area contributed by atoms with E-state index in [1.165, 1.54) is 37.5 Å². The molecular weight excluding hydrogens is 512 g/mol. The molecule has 0 unspecified atom stereocenters. The first kappa shape index (κ1) is 27.9. The number of thioether (sulfide) groups is 1. The second-order valence-corrected chi connectivity index (χ2v) is 8.55. The number of ether oxygens (including phenoxy) is 2. The van der Waals surface area contributed by atoms with E-state index in [0.29, 0.717) is 34.7 Å². The lowest BCUT2D eigenvalue weighted by atomic mass is 10.2. The largest absolute Gasteiger partial charge is 0.493 e. The fourth-order valence-electron chi connectivity index (χ4n) is 3.22. The Bertz CT molecular complexity index is 1340.